The lowest BCUT2D eigenvalue weighted by atomic mass is 10.1. The second-order valence-corrected chi connectivity index (χ2v) is 6.24. The van der Waals surface area contributed by atoms with E-state index in [1.165, 1.54) is 12.1 Å². The van der Waals surface area contributed by atoms with Crippen LogP contribution in [0.25, 0.3) is 0 Å². The molecule has 0 heterocycles. The Morgan fingerprint density at radius 3 is 2.48 bits per heavy atom. The van der Waals surface area contributed by atoms with Gasteiger partial charge in [-0.3, -0.25) is 0 Å². The normalized spacial score (nSPS) is 13.9. The molecule has 0 radical (unpaired) electrons. The SMILES string of the molecule is CCNC(=NCc1ccc(F)cc1)NCC(O)COC(C)c1ccccc1. The number of halogens is 1. The van der Waals surface area contributed by atoms with Gasteiger partial charge in [-0.1, -0.05) is 42.5 Å². The van der Waals surface area contributed by atoms with Crippen molar-refractivity contribution in [1.82, 2.24) is 10.6 Å². The summed E-state index contributed by atoms with van der Waals surface area (Å²) in [5, 5.41) is 16.4. The van der Waals surface area contributed by atoms with Gasteiger partial charge in [0.25, 0.3) is 0 Å². The Kier molecular flexibility index (Phi) is 8.74. The highest BCUT2D eigenvalue weighted by Crippen LogP contribution is 2.15. The summed E-state index contributed by atoms with van der Waals surface area (Å²) < 4.78 is 18.7. The molecule has 2 unspecified atom stereocenters. The molecule has 0 aromatic heterocycles. The zero-order valence-electron chi connectivity index (χ0n) is 15.9. The number of aliphatic imine (C=N–C) groups is 1. The predicted octanol–water partition coefficient (Wildman–Crippen LogP) is 3.02. The summed E-state index contributed by atoms with van der Waals surface area (Å²) in [4.78, 5) is 4.45. The number of nitrogens with zero attached hydrogens (tertiary/aromatic N) is 1. The summed E-state index contributed by atoms with van der Waals surface area (Å²) in [5.41, 5.74) is 1.99. The molecule has 2 aromatic carbocycles. The average molecular weight is 373 g/mol. The van der Waals surface area contributed by atoms with E-state index < -0.39 is 6.10 Å². The smallest absolute Gasteiger partial charge is 0.191 e. The van der Waals surface area contributed by atoms with Crippen molar-refractivity contribution in [2.24, 2.45) is 4.99 Å². The molecule has 0 fully saturated rings. The number of guanidine groups is 1. The Morgan fingerprint density at radius 1 is 1.11 bits per heavy atom. The van der Waals surface area contributed by atoms with Crippen molar-refractivity contribution in [2.45, 2.75) is 32.6 Å². The quantitative estimate of drug-likeness (QED) is 0.467. The van der Waals surface area contributed by atoms with E-state index in [0.29, 0.717) is 25.6 Å². The summed E-state index contributed by atoms with van der Waals surface area (Å²) in [6.07, 6.45) is -0.743. The van der Waals surface area contributed by atoms with E-state index in [-0.39, 0.29) is 18.5 Å². The van der Waals surface area contributed by atoms with Crippen molar-refractivity contribution in [3.05, 3.63) is 71.5 Å². The lowest BCUT2D eigenvalue weighted by Gasteiger charge is -2.18. The minimum Gasteiger partial charge on any atom is -0.389 e. The van der Waals surface area contributed by atoms with Crippen molar-refractivity contribution in [3.8, 4) is 0 Å². The second-order valence-electron chi connectivity index (χ2n) is 6.24. The monoisotopic (exact) mass is 373 g/mol. The Balaban J connectivity index is 1.78. The zero-order chi connectivity index (χ0) is 19.5. The summed E-state index contributed by atoms with van der Waals surface area (Å²) in [5.74, 6) is 0.331. The van der Waals surface area contributed by atoms with Crippen molar-refractivity contribution in [1.29, 1.82) is 0 Å². The highest BCUT2D eigenvalue weighted by Gasteiger charge is 2.10. The van der Waals surface area contributed by atoms with Crippen molar-refractivity contribution in [3.63, 3.8) is 0 Å². The molecule has 2 aromatic rings. The number of aliphatic hydroxyl groups excluding tert-OH is 1. The van der Waals surface area contributed by atoms with Crippen LogP contribution in [0, 0.1) is 5.82 Å². The fraction of sp³-hybridized carbons (Fsp3) is 0.381. The molecular weight excluding hydrogens is 345 g/mol. The third-order valence-corrected chi connectivity index (χ3v) is 3.99. The van der Waals surface area contributed by atoms with Gasteiger partial charge in [-0.25, -0.2) is 9.38 Å². The van der Waals surface area contributed by atoms with E-state index in [9.17, 15) is 9.50 Å². The number of ether oxygens (including phenoxy) is 1. The van der Waals surface area contributed by atoms with Gasteiger partial charge in [-0.15, -0.1) is 0 Å². The van der Waals surface area contributed by atoms with Gasteiger partial charge < -0.3 is 20.5 Å². The standard InChI is InChI=1S/C21H28FN3O2/c1-3-23-21(24-13-17-9-11-19(22)12-10-17)25-14-20(26)15-27-16(2)18-7-5-4-6-8-18/h4-12,16,20,26H,3,13-15H2,1-2H3,(H2,23,24,25). The van der Waals surface area contributed by atoms with Crippen LogP contribution in [-0.4, -0.2) is 36.9 Å². The molecule has 0 saturated heterocycles. The molecule has 3 N–H and O–H groups in total. The van der Waals surface area contributed by atoms with E-state index in [1.54, 1.807) is 12.1 Å². The van der Waals surface area contributed by atoms with Gasteiger partial charge in [0.2, 0.25) is 0 Å². The van der Waals surface area contributed by atoms with Gasteiger partial charge in [-0.05, 0) is 37.1 Å². The van der Waals surface area contributed by atoms with Crippen LogP contribution in [0.2, 0.25) is 0 Å². The summed E-state index contributed by atoms with van der Waals surface area (Å²) in [7, 11) is 0. The maximum atomic E-state index is 13.0. The predicted molar refractivity (Wildman–Crippen MR) is 106 cm³/mol. The van der Waals surface area contributed by atoms with Gasteiger partial charge >= 0.3 is 0 Å². The Bertz CT molecular complexity index is 692. The highest BCUT2D eigenvalue weighted by atomic mass is 19.1. The fourth-order valence-corrected chi connectivity index (χ4v) is 2.45. The van der Waals surface area contributed by atoms with Crippen molar-refractivity contribution < 1.29 is 14.2 Å². The van der Waals surface area contributed by atoms with Gasteiger partial charge in [0.05, 0.1) is 25.4 Å². The molecule has 0 aliphatic heterocycles. The topological polar surface area (TPSA) is 65.9 Å². The van der Waals surface area contributed by atoms with Gasteiger partial charge in [0, 0.05) is 13.1 Å². The molecule has 0 aliphatic rings. The third kappa shape index (κ3) is 7.76. The molecule has 2 atom stereocenters. The first kappa shape index (κ1) is 20.9. The van der Waals surface area contributed by atoms with E-state index >= 15 is 0 Å². The van der Waals surface area contributed by atoms with Crippen molar-refractivity contribution >= 4 is 5.96 Å². The Morgan fingerprint density at radius 2 is 1.81 bits per heavy atom. The minimum absolute atomic E-state index is 0.0822. The zero-order valence-corrected chi connectivity index (χ0v) is 15.9. The van der Waals surface area contributed by atoms with Crippen LogP contribution in [0.15, 0.2) is 59.6 Å². The summed E-state index contributed by atoms with van der Waals surface area (Å²) in [6, 6.07) is 16.1. The lowest BCUT2D eigenvalue weighted by Crippen LogP contribution is -2.42. The number of hydrogen-bond donors (Lipinski definition) is 3. The largest absolute Gasteiger partial charge is 0.389 e. The summed E-state index contributed by atoms with van der Waals surface area (Å²) >= 11 is 0. The van der Waals surface area contributed by atoms with Crippen molar-refractivity contribution in [2.75, 3.05) is 19.7 Å². The first-order chi connectivity index (χ1) is 13.1. The van der Waals surface area contributed by atoms with Crippen LogP contribution in [0.1, 0.15) is 31.1 Å². The number of nitrogens with one attached hydrogen (secondary N) is 2. The first-order valence-electron chi connectivity index (χ1n) is 9.19. The Labute approximate surface area is 160 Å². The lowest BCUT2D eigenvalue weighted by molar-refractivity contribution is -0.000599. The molecule has 0 bridgehead atoms. The second kappa shape index (κ2) is 11.3. The van der Waals surface area contributed by atoms with E-state index in [1.807, 2.05) is 44.2 Å². The fourth-order valence-electron chi connectivity index (χ4n) is 2.45. The number of benzene rings is 2. The van der Waals surface area contributed by atoms with E-state index in [2.05, 4.69) is 15.6 Å². The molecule has 27 heavy (non-hydrogen) atoms. The minimum atomic E-state index is -0.661. The van der Waals surface area contributed by atoms with Crippen LogP contribution in [-0.2, 0) is 11.3 Å². The molecule has 6 heteroatoms. The molecular formula is C21H28FN3O2. The molecule has 0 saturated carbocycles. The van der Waals surface area contributed by atoms with Crippen LogP contribution in [0.4, 0.5) is 4.39 Å². The first-order valence-corrected chi connectivity index (χ1v) is 9.19. The average Bonchev–Trinajstić information content (AvgIpc) is 2.70. The highest BCUT2D eigenvalue weighted by molar-refractivity contribution is 5.79. The summed E-state index contributed by atoms with van der Waals surface area (Å²) in [6.45, 7) is 5.59. The Hall–Kier alpha value is -2.44. The van der Waals surface area contributed by atoms with Crippen LogP contribution in [0.5, 0.6) is 0 Å². The molecule has 0 aliphatic carbocycles. The van der Waals surface area contributed by atoms with Crippen LogP contribution < -0.4 is 10.6 Å². The molecule has 0 spiro atoms. The molecule has 0 amide bonds. The maximum Gasteiger partial charge on any atom is 0.191 e. The van der Waals surface area contributed by atoms with Gasteiger partial charge in [0.15, 0.2) is 5.96 Å². The third-order valence-electron chi connectivity index (χ3n) is 3.99. The number of hydrogen-bond acceptors (Lipinski definition) is 3. The van der Waals surface area contributed by atoms with Crippen LogP contribution >= 0.6 is 0 Å². The van der Waals surface area contributed by atoms with Gasteiger partial charge in [0.1, 0.15) is 5.82 Å². The number of rotatable bonds is 9. The van der Waals surface area contributed by atoms with Crippen LogP contribution in [0.3, 0.4) is 0 Å². The number of aliphatic hydroxyl groups is 1. The van der Waals surface area contributed by atoms with E-state index in [0.717, 1.165) is 11.1 Å². The maximum absolute atomic E-state index is 13.0. The van der Waals surface area contributed by atoms with E-state index in [4.69, 9.17) is 4.74 Å². The molecule has 5 nitrogen and oxygen atoms in total. The molecule has 2 rings (SSSR count). The molecule has 146 valence electrons. The van der Waals surface area contributed by atoms with Gasteiger partial charge in [-0.2, -0.15) is 0 Å².